The molecule has 0 amide bonds. The van der Waals surface area contributed by atoms with Crippen LogP contribution < -0.4 is 10.5 Å². The number of hydrogen-bond donors (Lipinski definition) is 1. The Balaban J connectivity index is 2.11. The van der Waals surface area contributed by atoms with Crippen molar-refractivity contribution in [2.75, 3.05) is 5.73 Å². The summed E-state index contributed by atoms with van der Waals surface area (Å²) < 4.78 is 32.2. The largest absolute Gasteiger partial charge is 0.485 e. The van der Waals surface area contributed by atoms with E-state index in [4.69, 9.17) is 22.1 Å². The van der Waals surface area contributed by atoms with Crippen LogP contribution in [0.1, 0.15) is 4.88 Å². The average Bonchev–Trinajstić information content (AvgIpc) is 2.68. The van der Waals surface area contributed by atoms with Gasteiger partial charge in [-0.15, -0.1) is 11.3 Å². The Morgan fingerprint density at radius 2 is 2.00 bits per heavy atom. The van der Waals surface area contributed by atoms with Gasteiger partial charge in [0.05, 0.1) is 10.0 Å². The van der Waals surface area contributed by atoms with E-state index in [2.05, 4.69) is 0 Å². The lowest BCUT2D eigenvalue weighted by Crippen LogP contribution is -1.99. The Morgan fingerprint density at radius 3 is 2.65 bits per heavy atom. The molecule has 0 saturated heterocycles. The quantitative estimate of drug-likeness (QED) is 0.864. The summed E-state index contributed by atoms with van der Waals surface area (Å²) in [6.07, 6.45) is 0. The highest BCUT2D eigenvalue weighted by molar-refractivity contribution is 7.16. The third-order valence-corrected chi connectivity index (χ3v) is 3.25. The van der Waals surface area contributed by atoms with Crippen LogP contribution in [0.15, 0.2) is 24.3 Å². The minimum atomic E-state index is -0.703. The topological polar surface area (TPSA) is 35.2 Å². The second kappa shape index (κ2) is 4.89. The number of rotatable bonds is 3. The first kappa shape index (κ1) is 12.1. The van der Waals surface area contributed by atoms with Gasteiger partial charge < -0.3 is 10.5 Å². The van der Waals surface area contributed by atoms with E-state index >= 15 is 0 Å². The zero-order chi connectivity index (χ0) is 12.4. The monoisotopic (exact) mass is 275 g/mol. The fourth-order valence-electron chi connectivity index (χ4n) is 1.23. The molecule has 1 aromatic heterocycles. The summed E-state index contributed by atoms with van der Waals surface area (Å²) in [6.45, 7) is 0.137. The number of nitrogens with two attached hydrogens (primary N) is 1. The van der Waals surface area contributed by atoms with Crippen molar-refractivity contribution in [3.63, 3.8) is 0 Å². The van der Waals surface area contributed by atoms with E-state index in [0.29, 0.717) is 4.34 Å². The molecule has 1 heterocycles. The predicted molar refractivity (Wildman–Crippen MR) is 64.4 cm³/mol. The van der Waals surface area contributed by atoms with E-state index in [0.717, 1.165) is 17.0 Å². The minimum Gasteiger partial charge on any atom is -0.485 e. The fourth-order valence-corrected chi connectivity index (χ4v) is 2.23. The van der Waals surface area contributed by atoms with Crippen molar-refractivity contribution >= 4 is 28.6 Å². The number of hydrogen-bond acceptors (Lipinski definition) is 3. The Morgan fingerprint density at radius 1 is 1.24 bits per heavy atom. The molecule has 0 aliphatic heterocycles. The molecule has 0 unspecified atom stereocenters. The number of ether oxygens (including phenoxy) is 1. The summed E-state index contributed by atoms with van der Waals surface area (Å²) in [4.78, 5) is 0.826. The predicted octanol–water partition coefficient (Wildman–Crippen LogP) is 3.84. The van der Waals surface area contributed by atoms with Gasteiger partial charge in [0.15, 0.2) is 11.6 Å². The third-order valence-electron chi connectivity index (χ3n) is 2.05. The number of benzene rings is 1. The minimum absolute atomic E-state index is 0.137. The molecule has 2 rings (SSSR count). The maximum absolute atomic E-state index is 13.3. The number of thiophene rings is 1. The smallest absolute Gasteiger partial charge is 0.167 e. The molecule has 0 atom stereocenters. The zero-order valence-electron chi connectivity index (χ0n) is 8.54. The number of anilines is 1. The Labute approximate surface area is 106 Å². The van der Waals surface area contributed by atoms with E-state index in [-0.39, 0.29) is 18.0 Å². The van der Waals surface area contributed by atoms with Crippen LogP contribution in [0.3, 0.4) is 0 Å². The van der Waals surface area contributed by atoms with Crippen molar-refractivity contribution < 1.29 is 13.5 Å². The highest BCUT2D eigenvalue weighted by Gasteiger charge is 2.09. The lowest BCUT2D eigenvalue weighted by molar-refractivity contribution is 0.292. The van der Waals surface area contributed by atoms with Gasteiger partial charge in [-0.05, 0) is 12.1 Å². The molecule has 0 spiro atoms. The average molecular weight is 276 g/mol. The molecule has 0 fully saturated rings. The highest BCUT2D eigenvalue weighted by atomic mass is 35.5. The third kappa shape index (κ3) is 2.87. The molecule has 6 heteroatoms. The Hall–Kier alpha value is -1.33. The van der Waals surface area contributed by atoms with Crippen molar-refractivity contribution in [2.24, 2.45) is 0 Å². The second-order valence-corrected chi connectivity index (χ2v) is 5.10. The molecule has 0 aliphatic carbocycles. The van der Waals surface area contributed by atoms with Crippen LogP contribution in [0, 0.1) is 11.6 Å². The molecule has 1 aromatic carbocycles. The van der Waals surface area contributed by atoms with Crippen molar-refractivity contribution in [1.82, 2.24) is 0 Å². The Kier molecular flexibility index (Phi) is 3.49. The van der Waals surface area contributed by atoms with Gasteiger partial charge in [-0.1, -0.05) is 11.6 Å². The summed E-state index contributed by atoms with van der Waals surface area (Å²) in [5.74, 6) is -1.56. The summed E-state index contributed by atoms with van der Waals surface area (Å²) in [6, 6.07) is 5.30. The molecular weight excluding hydrogens is 268 g/mol. The first-order valence-corrected chi connectivity index (χ1v) is 5.87. The maximum Gasteiger partial charge on any atom is 0.167 e. The highest BCUT2D eigenvalue weighted by Crippen LogP contribution is 2.26. The van der Waals surface area contributed by atoms with Crippen molar-refractivity contribution in [2.45, 2.75) is 6.61 Å². The van der Waals surface area contributed by atoms with Crippen LogP contribution >= 0.6 is 22.9 Å². The number of nitrogen functional groups attached to an aromatic ring is 1. The fraction of sp³-hybridized carbons (Fsp3) is 0.0909. The van der Waals surface area contributed by atoms with Gasteiger partial charge in [0.2, 0.25) is 0 Å². The van der Waals surface area contributed by atoms with Crippen LogP contribution in [-0.4, -0.2) is 0 Å². The molecule has 2 aromatic rings. The van der Waals surface area contributed by atoms with Gasteiger partial charge in [0, 0.05) is 17.0 Å². The van der Waals surface area contributed by atoms with Crippen molar-refractivity contribution in [3.05, 3.63) is 45.1 Å². The SMILES string of the molecule is Nc1cc(F)c(OCc2ccc(Cl)s2)cc1F. The molecule has 0 saturated carbocycles. The first-order valence-electron chi connectivity index (χ1n) is 4.68. The van der Waals surface area contributed by atoms with E-state index in [9.17, 15) is 8.78 Å². The van der Waals surface area contributed by atoms with Gasteiger partial charge in [0.1, 0.15) is 12.4 Å². The summed E-state index contributed by atoms with van der Waals surface area (Å²) in [5, 5.41) is 0. The molecule has 2 N–H and O–H groups in total. The van der Waals surface area contributed by atoms with Crippen LogP contribution in [0.25, 0.3) is 0 Å². The molecule has 0 bridgehead atoms. The second-order valence-electron chi connectivity index (χ2n) is 3.30. The lowest BCUT2D eigenvalue weighted by atomic mass is 10.3. The molecular formula is C11H8ClF2NOS. The summed E-state index contributed by atoms with van der Waals surface area (Å²) in [7, 11) is 0. The van der Waals surface area contributed by atoms with E-state index in [1.807, 2.05) is 0 Å². The van der Waals surface area contributed by atoms with Gasteiger partial charge in [-0.2, -0.15) is 0 Å². The van der Waals surface area contributed by atoms with E-state index < -0.39 is 11.6 Å². The van der Waals surface area contributed by atoms with E-state index in [1.54, 1.807) is 12.1 Å². The first-order chi connectivity index (χ1) is 8.06. The van der Waals surface area contributed by atoms with E-state index in [1.165, 1.54) is 11.3 Å². The van der Waals surface area contributed by atoms with Gasteiger partial charge in [-0.25, -0.2) is 8.78 Å². The van der Waals surface area contributed by atoms with Crippen LogP contribution in [0.2, 0.25) is 4.34 Å². The molecule has 0 radical (unpaired) electrons. The van der Waals surface area contributed by atoms with Crippen molar-refractivity contribution in [1.29, 1.82) is 0 Å². The summed E-state index contributed by atoms with van der Waals surface area (Å²) in [5.41, 5.74) is 4.97. The van der Waals surface area contributed by atoms with Crippen molar-refractivity contribution in [3.8, 4) is 5.75 Å². The maximum atomic E-state index is 13.3. The lowest BCUT2D eigenvalue weighted by Gasteiger charge is -2.07. The zero-order valence-corrected chi connectivity index (χ0v) is 10.1. The normalized spacial score (nSPS) is 10.5. The van der Waals surface area contributed by atoms with Crippen LogP contribution in [0.5, 0.6) is 5.75 Å². The molecule has 90 valence electrons. The van der Waals surface area contributed by atoms with Gasteiger partial charge in [-0.3, -0.25) is 0 Å². The standard InChI is InChI=1S/C11H8ClF2NOS/c12-11-2-1-6(17-11)5-16-10-4-7(13)9(15)3-8(10)14/h1-4H,5,15H2. The number of halogens is 3. The van der Waals surface area contributed by atoms with Crippen LogP contribution in [0.4, 0.5) is 14.5 Å². The van der Waals surface area contributed by atoms with Crippen LogP contribution in [-0.2, 0) is 6.61 Å². The van der Waals surface area contributed by atoms with Gasteiger partial charge >= 0.3 is 0 Å². The molecule has 0 aliphatic rings. The van der Waals surface area contributed by atoms with Gasteiger partial charge in [0.25, 0.3) is 0 Å². The summed E-state index contributed by atoms with van der Waals surface area (Å²) >= 11 is 7.05. The molecule has 17 heavy (non-hydrogen) atoms. The molecule has 2 nitrogen and oxygen atoms in total. The Bertz CT molecular complexity index is 544.